The average Bonchev–Trinajstić information content (AvgIpc) is 2.41. The number of nitrogens with one attached hydrogen (secondary N) is 1. The van der Waals surface area contributed by atoms with Crippen LogP contribution in [0.1, 0.15) is 25.0 Å². The summed E-state index contributed by atoms with van der Waals surface area (Å²) in [5.74, 6) is -0.404. The van der Waals surface area contributed by atoms with Crippen molar-refractivity contribution < 1.29 is 9.18 Å². The van der Waals surface area contributed by atoms with Crippen molar-refractivity contribution in [3.8, 4) is 0 Å². The van der Waals surface area contributed by atoms with Gasteiger partial charge in [0.05, 0.1) is 5.41 Å². The van der Waals surface area contributed by atoms with E-state index in [0.717, 1.165) is 16.8 Å². The van der Waals surface area contributed by atoms with E-state index in [-0.39, 0.29) is 11.7 Å². The second-order valence-electron chi connectivity index (χ2n) is 4.61. The SMILES string of the molecule is CC1(C)C(=O)Nc2c(CCN)cc(F)cc21. The van der Waals surface area contributed by atoms with Crippen LogP contribution in [-0.2, 0) is 16.6 Å². The number of benzene rings is 1. The summed E-state index contributed by atoms with van der Waals surface area (Å²) < 4.78 is 13.4. The molecule has 0 aliphatic carbocycles. The second-order valence-corrected chi connectivity index (χ2v) is 4.61. The van der Waals surface area contributed by atoms with Crippen LogP contribution in [0.2, 0.25) is 0 Å². The highest BCUT2D eigenvalue weighted by molar-refractivity contribution is 6.06. The van der Waals surface area contributed by atoms with E-state index in [1.807, 2.05) is 0 Å². The molecule has 4 heteroatoms. The lowest BCUT2D eigenvalue weighted by atomic mass is 9.85. The largest absolute Gasteiger partial charge is 0.330 e. The van der Waals surface area contributed by atoms with Gasteiger partial charge in [-0.3, -0.25) is 4.79 Å². The molecular weight excluding hydrogens is 207 g/mol. The molecule has 0 radical (unpaired) electrons. The highest BCUT2D eigenvalue weighted by Crippen LogP contribution is 2.39. The van der Waals surface area contributed by atoms with Crippen molar-refractivity contribution in [2.24, 2.45) is 5.73 Å². The highest BCUT2D eigenvalue weighted by Gasteiger charge is 2.39. The van der Waals surface area contributed by atoms with Crippen molar-refractivity contribution in [2.45, 2.75) is 25.7 Å². The standard InChI is InChI=1S/C12H15FN2O/c1-12(2)9-6-8(13)5-7(3-4-14)10(9)15-11(12)16/h5-6H,3-4,14H2,1-2H3,(H,15,16). The van der Waals surface area contributed by atoms with Gasteiger partial charge >= 0.3 is 0 Å². The summed E-state index contributed by atoms with van der Waals surface area (Å²) in [6.45, 7) is 4.02. The second kappa shape index (κ2) is 3.56. The fourth-order valence-corrected chi connectivity index (χ4v) is 2.05. The zero-order valence-electron chi connectivity index (χ0n) is 9.43. The predicted molar refractivity (Wildman–Crippen MR) is 60.8 cm³/mol. The first kappa shape index (κ1) is 11.1. The average molecular weight is 222 g/mol. The normalized spacial score (nSPS) is 17.1. The summed E-state index contributed by atoms with van der Waals surface area (Å²) in [6.07, 6.45) is 0.566. The van der Waals surface area contributed by atoms with E-state index in [9.17, 15) is 9.18 Å². The minimum absolute atomic E-state index is 0.0913. The maximum atomic E-state index is 13.4. The number of carbonyl (C=O) groups is 1. The van der Waals surface area contributed by atoms with E-state index in [1.54, 1.807) is 13.8 Å². The molecule has 1 aliphatic heterocycles. The Bertz CT molecular complexity index is 455. The molecule has 0 saturated heterocycles. The number of carbonyl (C=O) groups excluding carboxylic acids is 1. The Hall–Kier alpha value is -1.42. The van der Waals surface area contributed by atoms with Gasteiger partial charge in [-0.15, -0.1) is 0 Å². The van der Waals surface area contributed by atoms with Crippen LogP contribution < -0.4 is 11.1 Å². The number of rotatable bonds is 2. The van der Waals surface area contributed by atoms with E-state index in [2.05, 4.69) is 5.32 Å². The van der Waals surface area contributed by atoms with Gasteiger partial charge in [-0.25, -0.2) is 4.39 Å². The Morgan fingerprint density at radius 1 is 1.44 bits per heavy atom. The van der Waals surface area contributed by atoms with Gasteiger partial charge in [0.1, 0.15) is 5.82 Å². The Morgan fingerprint density at radius 3 is 2.75 bits per heavy atom. The van der Waals surface area contributed by atoms with Crippen LogP contribution >= 0.6 is 0 Å². The Balaban J connectivity index is 2.60. The smallest absolute Gasteiger partial charge is 0.234 e. The van der Waals surface area contributed by atoms with Gasteiger partial charge in [0, 0.05) is 5.69 Å². The number of hydrogen-bond donors (Lipinski definition) is 2. The summed E-state index contributed by atoms with van der Waals surface area (Å²) in [5, 5.41) is 2.81. The third-order valence-electron chi connectivity index (χ3n) is 3.08. The molecule has 0 saturated carbocycles. The molecule has 1 amide bonds. The van der Waals surface area contributed by atoms with Crippen LogP contribution in [0.4, 0.5) is 10.1 Å². The molecule has 1 heterocycles. The summed E-state index contributed by atoms with van der Waals surface area (Å²) in [4.78, 5) is 11.8. The fraction of sp³-hybridized carbons (Fsp3) is 0.417. The molecule has 1 aromatic carbocycles. The van der Waals surface area contributed by atoms with Gasteiger partial charge in [0.15, 0.2) is 0 Å². The van der Waals surface area contributed by atoms with Crippen LogP contribution in [0.5, 0.6) is 0 Å². The van der Waals surface area contributed by atoms with Crippen LogP contribution in [0.15, 0.2) is 12.1 Å². The quantitative estimate of drug-likeness (QED) is 0.797. The summed E-state index contributed by atoms with van der Waals surface area (Å²) >= 11 is 0. The van der Waals surface area contributed by atoms with Crippen LogP contribution in [-0.4, -0.2) is 12.5 Å². The third kappa shape index (κ3) is 1.50. The van der Waals surface area contributed by atoms with E-state index in [1.165, 1.54) is 12.1 Å². The molecule has 1 aromatic rings. The first-order valence-corrected chi connectivity index (χ1v) is 5.31. The number of nitrogens with two attached hydrogens (primary N) is 1. The van der Waals surface area contributed by atoms with E-state index < -0.39 is 5.41 Å². The van der Waals surface area contributed by atoms with Gasteiger partial charge < -0.3 is 11.1 Å². The molecule has 0 aromatic heterocycles. The minimum Gasteiger partial charge on any atom is -0.330 e. The molecular formula is C12H15FN2O. The van der Waals surface area contributed by atoms with Crippen molar-refractivity contribution in [1.82, 2.24) is 0 Å². The zero-order valence-corrected chi connectivity index (χ0v) is 9.43. The molecule has 0 fully saturated rings. The van der Waals surface area contributed by atoms with Crippen molar-refractivity contribution >= 4 is 11.6 Å². The lowest BCUT2D eigenvalue weighted by molar-refractivity contribution is -0.119. The summed E-state index contributed by atoms with van der Waals surface area (Å²) in [7, 11) is 0. The first-order valence-electron chi connectivity index (χ1n) is 5.31. The topological polar surface area (TPSA) is 55.1 Å². The van der Waals surface area contributed by atoms with Crippen LogP contribution in [0.3, 0.4) is 0 Å². The van der Waals surface area contributed by atoms with Crippen molar-refractivity contribution in [1.29, 1.82) is 0 Å². The summed E-state index contributed by atoms with van der Waals surface area (Å²) in [5.41, 5.74) is 7.04. The molecule has 0 atom stereocenters. The van der Waals surface area contributed by atoms with E-state index >= 15 is 0 Å². The lowest BCUT2D eigenvalue weighted by Gasteiger charge is -2.15. The number of fused-ring (bicyclic) bond motifs is 1. The van der Waals surface area contributed by atoms with E-state index in [4.69, 9.17) is 5.73 Å². The lowest BCUT2D eigenvalue weighted by Crippen LogP contribution is -2.26. The molecule has 3 nitrogen and oxygen atoms in total. The molecule has 1 aliphatic rings. The van der Waals surface area contributed by atoms with E-state index in [0.29, 0.717) is 13.0 Å². The van der Waals surface area contributed by atoms with Gasteiger partial charge in [-0.05, 0) is 50.1 Å². The highest BCUT2D eigenvalue weighted by atomic mass is 19.1. The number of anilines is 1. The maximum Gasteiger partial charge on any atom is 0.234 e. The monoisotopic (exact) mass is 222 g/mol. The first-order chi connectivity index (χ1) is 7.46. The molecule has 0 spiro atoms. The van der Waals surface area contributed by atoms with Gasteiger partial charge in [-0.1, -0.05) is 0 Å². The number of halogens is 1. The molecule has 3 N–H and O–H groups in total. The number of amides is 1. The molecule has 0 unspecified atom stereocenters. The third-order valence-corrected chi connectivity index (χ3v) is 3.08. The molecule has 86 valence electrons. The Kier molecular flexibility index (Phi) is 2.46. The zero-order chi connectivity index (χ0) is 11.9. The number of hydrogen-bond acceptors (Lipinski definition) is 2. The fourth-order valence-electron chi connectivity index (χ4n) is 2.05. The van der Waals surface area contributed by atoms with Crippen LogP contribution in [0, 0.1) is 5.82 Å². The van der Waals surface area contributed by atoms with Crippen molar-refractivity contribution in [3.05, 3.63) is 29.1 Å². The molecule has 2 rings (SSSR count). The van der Waals surface area contributed by atoms with Crippen molar-refractivity contribution in [3.63, 3.8) is 0 Å². The molecule has 0 bridgehead atoms. The van der Waals surface area contributed by atoms with Gasteiger partial charge in [0.25, 0.3) is 0 Å². The maximum absolute atomic E-state index is 13.4. The van der Waals surface area contributed by atoms with Gasteiger partial charge in [0.2, 0.25) is 5.91 Å². The summed E-state index contributed by atoms with van der Waals surface area (Å²) in [6, 6.07) is 2.86. The van der Waals surface area contributed by atoms with Gasteiger partial charge in [-0.2, -0.15) is 0 Å². The van der Waals surface area contributed by atoms with Crippen LogP contribution in [0.25, 0.3) is 0 Å². The molecule has 16 heavy (non-hydrogen) atoms. The Labute approximate surface area is 93.8 Å². The van der Waals surface area contributed by atoms with Crippen molar-refractivity contribution in [2.75, 3.05) is 11.9 Å². The predicted octanol–water partition coefficient (Wildman–Crippen LogP) is 1.56. The minimum atomic E-state index is -0.666. The Morgan fingerprint density at radius 2 is 2.12 bits per heavy atom.